The van der Waals surface area contributed by atoms with Crippen LogP contribution in [0.25, 0.3) is 10.9 Å². The molecule has 4 rings (SSSR count). The van der Waals surface area contributed by atoms with Crippen molar-refractivity contribution in [2.45, 2.75) is 23.9 Å². The topological polar surface area (TPSA) is 97.4 Å². The number of para-hydroxylation sites is 1. The largest absolute Gasteiger partial charge is 0.465 e. The van der Waals surface area contributed by atoms with Crippen molar-refractivity contribution in [2.24, 2.45) is 0 Å². The van der Waals surface area contributed by atoms with Crippen LogP contribution in [0, 0.1) is 0 Å². The maximum Gasteiger partial charge on any atom is 0.337 e. The van der Waals surface area contributed by atoms with Crippen LogP contribution in [0.5, 0.6) is 0 Å². The number of hydrogen-bond donors (Lipinski definition) is 2. The molecule has 2 amide bonds. The van der Waals surface area contributed by atoms with E-state index in [1.807, 2.05) is 24.3 Å². The van der Waals surface area contributed by atoms with E-state index in [1.165, 1.54) is 18.9 Å². The molecule has 1 heterocycles. The summed E-state index contributed by atoms with van der Waals surface area (Å²) in [4.78, 5) is 41.1. The third-order valence-electron chi connectivity index (χ3n) is 4.79. The highest BCUT2D eigenvalue weighted by atomic mass is 32.2. The zero-order chi connectivity index (χ0) is 21.8. The molecular formula is C23H21N3O4S. The van der Waals surface area contributed by atoms with Crippen molar-refractivity contribution >= 4 is 46.1 Å². The van der Waals surface area contributed by atoms with Gasteiger partial charge in [0, 0.05) is 17.1 Å². The lowest BCUT2D eigenvalue weighted by molar-refractivity contribution is -0.113. The molecule has 8 heteroatoms. The molecule has 0 radical (unpaired) electrons. The van der Waals surface area contributed by atoms with Gasteiger partial charge in [-0.3, -0.25) is 9.59 Å². The van der Waals surface area contributed by atoms with Crippen molar-refractivity contribution in [1.82, 2.24) is 10.3 Å². The molecule has 0 spiro atoms. The van der Waals surface area contributed by atoms with E-state index in [2.05, 4.69) is 20.4 Å². The Balaban J connectivity index is 1.44. The molecule has 2 N–H and O–H groups in total. The number of esters is 1. The zero-order valence-corrected chi connectivity index (χ0v) is 17.7. The molecule has 3 aromatic rings. The quantitative estimate of drug-likeness (QED) is 0.434. The van der Waals surface area contributed by atoms with Gasteiger partial charge >= 0.3 is 5.97 Å². The Kier molecular flexibility index (Phi) is 6.18. The SMILES string of the molecule is COC(=O)c1ccc(NC(=O)CSc2cc(C(=O)NC3CC3)c3ccccc3n2)cc1. The summed E-state index contributed by atoms with van der Waals surface area (Å²) in [7, 11) is 1.32. The first-order chi connectivity index (χ1) is 15.0. The fourth-order valence-corrected chi connectivity index (χ4v) is 3.76. The summed E-state index contributed by atoms with van der Waals surface area (Å²) in [6.45, 7) is 0. The van der Waals surface area contributed by atoms with E-state index >= 15 is 0 Å². The van der Waals surface area contributed by atoms with Crippen LogP contribution in [-0.2, 0) is 9.53 Å². The average Bonchev–Trinajstić information content (AvgIpc) is 3.61. The minimum absolute atomic E-state index is 0.113. The Morgan fingerprint density at radius 2 is 1.84 bits per heavy atom. The van der Waals surface area contributed by atoms with E-state index in [1.54, 1.807) is 30.3 Å². The smallest absolute Gasteiger partial charge is 0.337 e. The first kappa shape index (κ1) is 20.9. The number of carbonyl (C=O) groups is 3. The fraction of sp³-hybridized carbons (Fsp3) is 0.217. The number of methoxy groups -OCH3 is 1. The van der Waals surface area contributed by atoms with Gasteiger partial charge < -0.3 is 15.4 Å². The highest BCUT2D eigenvalue weighted by Crippen LogP contribution is 2.26. The molecule has 1 aliphatic rings. The molecule has 2 aromatic carbocycles. The Hall–Kier alpha value is -3.39. The number of carbonyl (C=O) groups excluding carboxylic acids is 3. The van der Waals surface area contributed by atoms with Gasteiger partial charge in [-0.05, 0) is 49.2 Å². The zero-order valence-electron chi connectivity index (χ0n) is 16.9. The van der Waals surface area contributed by atoms with Crippen molar-refractivity contribution in [1.29, 1.82) is 0 Å². The van der Waals surface area contributed by atoms with Crippen LogP contribution in [-0.4, -0.2) is 41.7 Å². The molecule has 1 aromatic heterocycles. The lowest BCUT2D eigenvalue weighted by atomic mass is 10.1. The highest BCUT2D eigenvalue weighted by Gasteiger charge is 2.25. The van der Waals surface area contributed by atoms with Gasteiger partial charge in [-0.15, -0.1) is 0 Å². The van der Waals surface area contributed by atoms with Crippen molar-refractivity contribution in [3.63, 3.8) is 0 Å². The summed E-state index contributed by atoms with van der Waals surface area (Å²) in [5, 5.41) is 7.20. The van der Waals surface area contributed by atoms with Gasteiger partial charge in [-0.2, -0.15) is 0 Å². The number of aromatic nitrogens is 1. The third-order valence-corrected chi connectivity index (χ3v) is 5.70. The summed E-state index contributed by atoms with van der Waals surface area (Å²) >= 11 is 1.26. The fourth-order valence-electron chi connectivity index (χ4n) is 3.05. The molecule has 0 saturated heterocycles. The van der Waals surface area contributed by atoms with Crippen molar-refractivity contribution in [3.05, 3.63) is 65.7 Å². The number of nitrogens with zero attached hydrogens (tertiary/aromatic N) is 1. The lowest BCUT2D eigenvalue weighted by Crippen LogP contribution is -2.25. The Morgan fingerprint density at radius 1 is 1.10 bits per heavy atom. The Labute approximate surface area is 183 Å². The second-order valence-electron chi connectivity index (χ2n) is 7.18. The molecule has 0 atom stereocenters. The molecule has 1 fully saturated rings. The number of thioether (sulfide) groups is 1. The van der Waals surface area contributed by atoms with E-state index in [0.29, 0.717) is 27.4 Å². The van der Waals surface area contributed by atoms with E-state index in [-0.39, 0.29) is 23.6 Å². The van der Waals surface area contributed by atoms with Crippen LogP contribution < -0.4 is 10.6 Å². The number of fused-ring (bicyclic) bond motifs is 1. The maximum atomic E-state index is 12.7. The van der Waals surface area contributed by atoms with Crippen LogP contribution >= 0.6 is 11.8 Å². The summed E-state index contributed by atoms with van der Waals surface area (Å²) in [6, 6.07) is 15.9. The van der Waals surface area contributed by atoms with Crippen molar-refractivity contribution < 1.29 is 19.1 Å². The minimum atomic E-state index is -0.433. The molecule has 0 bridgehead atoms. The van der Waals surface area contributed by atoms with E-state index in [9.17, 15) is 14.4 Å². The molecule has 158 valence electrons. The van der Waals surface area contributed by atoms with Gasteiger partial charge in [-0.1, -0.05) is 30.0 Å². The van der Waals surface area contributed by atoms with Crippen LogP contribution in [0.1, 0.15) is 33.6 Å². The van der Waals surface area contributed by atoms with Gasteiger partial charge in [0.2, 0.25) is 5.91 Å². The first-order valence-corrected chi connectivity index (χ1v) is 10.8. The summed E-state index contributed by atoms with van der Waals surface area (Å²) < 4.78 is 4.66. The summed E-state index contributed by atoms with van der Waals surface area (Å²) in [5.41, 5.74) is 2.27. The number of benzene rings is 2. The van der Waals surface area contributed by atoms with Crippen LogP contribution in [0.3, 0.4) is 0 Å². The predicted octanol–water partition coefficient (Wildman–Crippen LogP) is 3.64. The van der Waals surface area contributed by atoms with Gasteiger partial charge in [0.05, 0.1) is 34.5 Å². The molecule has 0 unspecified atom stereocenters. The second kappa shape index (κ2) is 9.18. The van der Waals surface area contributed by atoms with Gasteiger partial charge in [0.15, 0.2) is 0 Å². The minimum Gasteiger partial charge on any atom is -0.465 e. The highest BCUT2D eigenvalue weighted by molar-refractivity contribution is 7.99. The first-order valence-electron chi connectivity index (χ1n) is 9.85. The number of ether oxygens (including phenoxy) is 1. The Morgan fingerprint density at radius 3 is 2.55 bits per heavy atom. The predicted molar refractivity (Wildman–Crippen MR) is 119 cm³/mol. The standard InChI is InChI=1S/C23H21N3O4S/c1-30-23(29)14-6-8-15(9-7-14)24-20(27)13-31-21-12-18(22(28)25-16-10-11-16)17-4-2-3-5-19(17)26-21/h2-9,12,16H,10-11,13H2,1H3,(H,24,27)(H,25,28). The number of nitrogens with one attached hydrogen (secondary N) is 2. The monoisotopic (exact) mass is 435 g/mol. The van der Waals surface area contributed by atoms with Gasteiger partial charge in [0.1, 0.15) is 0 Å². The van der Waals surface area contributed by atoms with Crippen LogP contribution in [0.4, 0.5) is 5.69 Å². The van der Waals surface area contributed by atoms with Gasteiger partial charge in [0.25, 0.3) is 5.91 Å². The second-order valence-corrected chi connectivity index (χ2v) is 8.17. The molecule has 1 saturated carbocycles. The normalized spacial score (nSPS) is 12.9. The third kappa shape index (κ3) is 5.21. The summed E-state index contributed by atoms with van der Waals surface area (Å²) in [6.07, 6.45) is 2.02. The lowest BCUT2D eigenvalue weighted by Gasteiger charge is -2.10. The van der Waals surface area contributed by atoms with Crippen molar-refractivity contribution in [3.8, 4) is 0 Å². The van der Waals surface area contributed by atoms with Crippen LogP contribution in [0.15, 0.2) is 59.6 Å². The number of amides is 2. The van der Waals surface area contributed by atoms with Gasteiger partial charge in [-0.25, -0.2) is 9.78 Å². The van der Waals surface area contributed by atoms with E-state index in [0.717, 1.165) is 18.2 Å². The van der Waals surface area contributed by atoms with E-state index < -0.39 is 5.97 Å². The molecular weight excluding hydrogens is 414 g/mol. The molecule has 1 aliphatic carbocycles. The maximum absolute atomic E-state index is 12.7. The Bertz CT molecular complexity index is 1140. The number of anilines is 1. The van der Waals surface area contributed by atoms with E-state index in [4.69, 9.17) is 0 Å². The summed E-state index contributed by atoms with van der Waals surface area (Å²) in [5.74, 6) is -0.626. The number of hydrogen-bond acceptors (Lipinski definition) is 6. The molecule has 7 nitrogen and oxygen atoms in total. The molecule has 31 heavy (non-hydrogen) atoms. The van der Waals surface area contributed by atoms with Crippen LogP contribution in [0.2, 0.25) is 0 Å². The average molecular weight is 436 g/mol. The number of pyridine rings is 1. The molecule has 0 aliphatic heterocycles. The number of rotatable bonds is 7. The van der Waals surface area contributed by atoms with Crippen molar-refractivity contribution in [2.75, 3.05) is 18.2 Å².